The number of non-ortho nitro benzene ring substituents is 1. The lowest BCUT2D eigenvalue weighted by Crippen LogP contribution is -2.64. The van der Waals surface area contributed by atoms with Crippen molar-refractivity contribution in [3.05, 3.63) is 51.8 Å². The Labute approximate surface area is 301 Å². The van der Waals surface area contributed by atoms with Crippen molar-refractivity contribution in [1.29, 1.82) is 0 Å². The van der Waals surface area contributed by atoms with Crippen LogP contribution in [0.25, 0.3) is 0 Å². The Balaban J connectivity index is 1.49. The van der Waals surface area contributed by atoms with Gasteiger partial charge in [-0.15, -0.1) is 5.10 Å². The summed E-state index contributed by atoms with van der Waals surface area (Å²) in [6, 6.07) is 1.87. The Kier molecular flexibility index (Phi) is 11.4. The van der Waals surface area contributed by atoms with Crippen LogP contribution in [0.5, 0.6) is 0 Å². The van der Waals surface area contributed by atoms with Crippen molar-refractivity contribution in [2.24, 2.45) is 11.7 Å². The quantitative estimate of drug-likeness (QED) is 0.103. The van der Waals surface area contributed by atoms with Crippen molar-refractivity contribution in [1.82, 2.24) is 30.5 Å². The molecule has 3 fully saturated rings. The van der Waals surface area contributed by atoms with E-state index in [1.54, 1.807) is 0 Å². The lowest BCUT2D eigenvalue weighted by atomic mass is 9.84. The van der Waals surface area contributed by atoms with E-state index < -0.39 is 74.2 Å². The zero-order chi connectivity index (χ0) is 38.0. The number of hydrogen-bond donors (Lipinski definition) is 6. The number of carbonyl (C=O) groups is 5. The minimum absolute atomic E-state index is 0.0491. The number of hydrogen-bond acceptors (Lipinski definition) is 12. The van der Waals surface area contributed by atoms with Crippen LogP contribution in [0.4, 0.5) is 5.69 Å². The first-order valence-electron chi connectivity index (χ1n) is 17.3. The number of nitro groups is 1. The average Bonchev–Trinajstić information content (AvgIpc) is 3.77. The van der Waals surface area contributed by atoms with Gasteiger partial charge in [0.15, 0.2) is 0 Å². The van der Waals surface area contributed by atoms with Gasteiger partial charge in [-0.1, -0.05) is 37.3 Å². The summed E-state index contributed by atoms with van der Waals surface area (Å²) >= 11 is 0. The number of nitrogens with one attached hydrogen (secondary N) is 2. The Morgan fingerprint density at radius 1 is 1.10 bits per heavy atom. The molecule has 18 nitrogen and oxygen atoms in total. The summed E-state index contributed by atoms with van der Waals surface area (Å²) in [5.74, 6) is -4.88. The number of nitrogens with two attached hydrogens (primary N) is 1. The SMILES string of the molecule is CC(C)(O)c1cnnn1[C@H]1C[C@@H](C(=O)NC2(C(=O)C(N)=O)CCS(O)(O)CC2)N(C(=O)C(CC2CCCCC2)NC(=O)c2ccc([N+](=O)[O-])cc2)C1. The highest BCUT2D eigenvalue weighted by atomic mass is 32.3. The Morgan fingerprint density at radius 2 is 1.73 bits per heavy atom. The molecule has 52 heavy (non-hydrogen) atoms. The van der Waals surface area contributed by atoms with Crippen molar-refractivity contribution in [2.75, 3.05) is 18.1 Å². The topological polar surface area (TPSA) is 273 Å². The second-order valence-electron chi connectivity index (χ2n) is 14.6. The minimum atomic E-state index is -3.05. The summed E-state index contributed by atoms with van der Waals surface area (Å²) in [6.07, 6.45) is 5.64. The van der Waals surface area contributed by atoms with Gasteiger partial charge in [-0.2, -0.15) is 10.6 Å². The maximum Gasteiger partial charge on any atom is 0.287 e. The first-order valence-corrected chi connectivity index (χ1v) is 19.2. The summed E-state index contributed by atoms with van der Waals surface area (Å²) in [7, 11) is -3.05. The van der Waals surface area contributed by atoms with E-state index in [1.165, 1.54) is 53.9 Å². The van der Waals surface area contributed by atoms with Crippen molar-refractivity contribution < 1.29 is 43.1 Å². The zero-order valence-corrected chi connectivity index (χ0v) is 29.9. The molecule has 284 valence electrons. The molecule has 2 aliphatic heterocycles. The fourth-order valence-electron chi connectivity index (χ4n) is 7.45. The molecule has 3 atom stereocenters. The highest BCUT2D eigenvalue weighted by Crippen LogP contribution is 2.47. The number of benzene rings is 1. The van der Waals surface area contributed by atoms with Gasteiger partial charge in [-0.05, 0) is 51.2 Å². The van der Waals surface area contributed by atoms with Crippen LogP contribution in [0, 0.1) is 16.0 Å². The van der Waals surface area contributed by atoms with E-state index in [4.69, 9.17) is 5.73 Å². The fraction of sp³-hybridized carbons (Fsp3) is 0.606. The van der Waals surface area contributed by atoms with Gasteiger partial charge in [0, 0.05) is 42.2 Å². The molecule has 7 N–H and O–H groups in total. The number of ketones is 1. The summed E-state index contributed by atoms with van der Waals surface area (Å²) < 4.78 is 21.9. The van der Waals surface area contributed by atoms with E-state index in [0.717, 1.165) is 32.1 Å². The van der Waals surface area contributed by atoms with Gasteiger partial charge < -0.3 is 26.4 Å². The molecule has 2 aromatic rings. The number of amides is 4. The molecule has 1 aromatic heterocycles. The first-order chi connectivity index (χ1) is 24.4. The van der Waals surface area contributed by atoms with E-state index in [-0.39, 0.29) is 60.9 Å². The highest BCUT2D eigenvalue weighted by molar-refractivity contribution is 8.24. The molecule has 0 bridgehead atoms. The smallest absolute Gasteiger partial charge is 0.287 e. The van der Waals surface area contributed by atoms with Crippen LogP contribution in [-0.4, -0.2) is 104 Å². The van der Waals surface area contributed by atoms with Crippen LogP contribution in [0.1, 0.15) is 93.7 Å². The van der Waals surface area contributed by atoms with Crippen LogP contribution < -0.4 is 16.4 Å². The van der Waals surface area contributed by atoms with Crippen LogP contribution >= 0.6 is 10.6 Å². The maximum atomic E-state index is 14.7. The molecule has 1 unspecified atom stereocenters. The van der Waals surface area contributed by atoms with E-state index >= 15 is 0 Å². The molecular formula is C33H46N8O10S. The molecule has 19 heteroatoms. The first kappa shape index (κ1) is 38.8. The highest BCUT2D eigenvalue weighted by Gasteiger charge is 2.50. The van der Waals surface area contributed by atoms with E-state index in [9.17, 15) is 48.3 Å². The maximum absolute atomic E-state index is 14.7. The average molecular weight is 747 g/mol. The Hall–Kier alpha value is -4.46. The second kappa shape index (κ2) is 15.3. The number of primary amides is 1. The van der Waals surface area contributed by atoms with Gasteiger partial charge >= 0.3 is 0 Å². The van der Waals surface area contributed by atoms with Gasteiger partial charge in [-0.25, -0.2) is 4.68 Å². The van der Waals surface area contributed by atoms with Crippen LogP contribution in [0.15, 0.2) is 30.5 Å². The van der Waals surface area contributed by atoms with Gasteiger partial charge in [0.05, 0.1) is 22.9 Å². The van der Waals surface area contributed by atoms with Crippen LogP contribution in [0.2, 0.25) is 0 Å². The zero-order valence-electron chi connectivity index (χ0n) is 29.1. The van der Waals surface area contributed by atoms with Crippen LogP contribution in [-0.2, 0) is 24.8 Å². The molecule has 1 aromatic carbocycles. The molecule has 0 radical (unpaired) electrons. The van der Waals surface area contributed by atoms with E-state index in [2.05, 4.69) is 20.9 Å². The second-order valence-corrected chi connectivity index (χ2v) is 17.0. The number of likely N-dealkylation sites (tertiary alicyclic amines) is 1. The number of aromatic nitrogens is 3. The lowest BCUT2D eigenvalue weighted by Gasteiger charge is -2.45. The Morgan fingerprint density at radius 3 is 2.31 bits per heavy atom. The minimum Gasteiger partial charge on any atom is -0.384 e. The predicted molar refractivity (Wildman–Crippen MR) is 187 cm³/mol. The third-order valence-corrected chi connectivity index (χ3v) is 12.1. The van der Waals surface area contributed by atoms with Gasteiger partial charge in [0.1, 0.15) is 23.2 Å². The number of aliphatic hydroxyl groups is 1. The summed E-state index contributed by atoms with van der Waals surface area (Å²) in [5, 5.41) is 35.6. The van der Waals surface area contributed by atoms with Crippen molar-refractivity contribution in [3.8, 4) is 0 Å². The monoisotopic (exact) mass is 746 g/mol. The molecule has 3 aliphatic rings. The van der Waals surface area contributed by atoms with Gasteiger partial charge in [0.25, 0.3) is 17.5 Å². The third kappa shape index (κ3) is 8.59. The molecule has 3 heterocycles. The number of nitro benzene ring substituents is 1. The standard InChI is InChI=1S/C33H46N8O10S/c1-32(2,47)26-18-35-38-40(26)23-17-25(30(45)37-33(27(42)28(34)43)12-14-52(50,51)15-13-33)39(19-23)31(46)24(16-20-6-4-3-5-7-20)36-29(44)21-8-10-22(11-9-21)41(48)49/h8-11,18,20,23-25,47,50-51H,3-7,12-17,19H2,1-2H3,(H2,34,43)(H,36,44)(H,37,45)/t23-,24?,25-/m0/s1. The fourth-order valence-corrected chi connectivity index (χ4v) is 9.01. The number of Topliss-reactive ketones (excluding diaryl/α,β-unsaturated/α-hetero) is 1. The van der Waals surface area contributed by atoms with Crippen molar-refractivity contribution >= 4 is 45.7 Å². The number of nitrogens with zero attached hydrogens (tertiary/aromatic N) is 5. The third-order valence-electron chi connectivity index (χ3n) is 10.4. The van der Waals surface area contributed by atoms with Crippen molar-refractivity contribution in [2.45, 2.75) is 101 Å². The molecule has 1 aliphatic carbocycles. The van der Waals surface area contributed by atoms with Gasteiger partial charge in [0.2, 0.25) is 17.6 Å². The van der Waals surface area contributed by atoms with E-state index in [1.807, 2.05) is 0 Å². The summed E-state index contributed by atoms with van der Waals surface area (Å²) in [6.45, 7) is 2.96. The lowest BCUT2D eigenvalue weighted by molar-refractivity contribution is -0.384. The largest absolute Gasteiger partial charge is 0.384 e. The predicted octanol–water partition coefficient (Wildman–Crippen LogP) is 1.78. The van der Waals surface area contributed by atoms with Crippen molar-refractivity contribution in [3.63, 3.8) is 0 Å². The van der Waals surface area contributed by atoms with Gasteiger partial charge in [-0.3, -0.25) is 43.2 Å². The normalized spacial score (nSPS) is 22.9. The molecule has 1 saturated carbocycles. The molecule has 5 rings (SSSR count). The number of rotatable bonds is 12. The van der Waals surface area contributed by atoms with Crippen LogP contribution in [0.3, 0.4) is 0 Å². The van der Waals surface area contributed by atoms with E-state index in [0.29, 0.717) is 5.69 Å². The molecule has 0 spiro atoms. The summed E-state index contributed by atoms with van der Waals surface area (Å²) in [4.78, 5) is 79.7. The molecular weight excluding hydrogens is 700 g/mol. The summed E-state index contributed by atoms with van der Waals surface area (Å²) in [5.41, 5.74) is 2.33. The molecule has 2 saturated heterocycles. The molecule has 4 amide bonds. The Bertz CT molecular complexity index is 1690. The number of carbonyl (C=O) groups excluding carboxylic acids is 5.